The molecule has 0 saturated carbocycles. The van der Waals surface area contributed by atoms with Gasteiger partial charge in [-0.1, -0.05) is 29.3 Å². The fourth-order valence-corrected chi connectivity index (χ4v) is 2.09. The first-order valence-corrected chi connectivity index (χ1v) is 5.76. The maximum absolute atomic E-state index is 11.5. The maximum Gasteiger partial charge on any atom is 0.338 e. The Balaban J connectivity index is 3.21. The van der Waals surface area contributed by atoms with Gasteiger partial charge in [-0.3, -0.25) is 0 Å². The van der Waals surface area contributed by atoms with Crippen molar-refractivity contribution in [2.75, 3.05) is 7.11 Å². The van der Waals surface area contributed by atoms with Gasteiger partial charge in [-0.25, -0.2) is 4.79 Å². The van der Waals surface area contributed by atoms with Crippen molar-refractivity contribution in [2.24, 2.45) is 0 Å². The second kappa shape index (κ2) is 5.31. The lowest BCUT2D eigenvalue weighted by molar-refractivity contribution is 0.0599. The van der Waals surface area contributed by atoms with Crippen LogP contribution in [0.25, 0.3) is 0 Å². The van der Waals surface area contributed by atoms with Crippen molar-refractivity contribution in [1.82, 2.24) is 0 Å². The van der Waals surface area contributed by atoms with Gasteiger partial charge in [0, 0.05) is 4.47 Å². The molecule has 0 aliphatic heterocycles. The standard InChI is InChI=1S/C12H15BrO2/c1-4-5-9-6-10(13)7-11(8(9)2)12(14)15-3/h6-7H,4-5H2,1-3H3. The lowest BCUT2D eigenvalue weighted by Gasteiger charge is -2.10. The fourth-order valence-electron chi connectivity index (χ4n) is 1.59. The van der Waals surface area contributed by atoms with Gasteiger partial charge < -0.3 is 4.74 Å². The number of carbonyl (C=O) groups is 1. The van der Waals surface area contributed by atoms with Crippen LogP contribution in [0.5, 0.6) is 0 Å². The lowest BCUT2D eigenvalue weighted by atomic mass is 9.99. The van der Waals surface area contributed by atoms with Crippen LogP contribution >= 0.6 is 15.9 Å². The van der Waals surface area contributed by atoms with Gasteiger partial charge in [0.2, 0.25) is 0 Å². The van der Waals surface area contributed by atoms with Crippen LogP contribution in [0.1, 0.15) is 34.8 Å². The Bertz CT molecular complexity index is 372. The zero-order valence-corrected chi connectivity index (χ0v) is 10.8. The van der Waals surface area contributed by atoms with Crippen molar-refractivity contribution in [2.45, 2.75) is 26.7 Å². The first-order valence-electron chi connectivity index (χ1n) is 4.97. The molecule has 0 bridgehead atoms. The minimum Gasteiger partial charge on any atom is -0.465 e. The van der Waals surface area contributed by atoms with E-state index in [1.807, 2.05) is 6.92 Å². The van der Waals surface area contributed by atoms with Gasteiger partial charge in [0.1, 0.15) is 0 Å². The van der Waals surface area contributed by atoms with E-state index >= 15 is 0 Å². The summed E-state index contributed by atoms with van der Waals surface area (Å²) in [5.41, 5.74) is 2.87. The number of hydrogen-bond donors (Lipinski definition) is 0. The number of esters is 1. The second-order valence-corrected chi connectivity index (χ2v) is 4.39. The van der Waals surface area contributed by atoms with Crippen LogP contribution in [-0.2, 0) is 11.2 Å². The fraction of sp³-hybridized carbons (Fsp3) is 0.417. The third-order valence-corrected chi connectivity index (χ3v) is 2.86. The van der Waals surface area contributed by atoms with Crippen LogP contribution in [0.3, 0.4) is 0 Å². The number of aryl methyl sites for hydroxylation is 1. The number of methoxy groups -OCH3 is 1. The van der Waals surface area contributed by atoms with Crippen molar-refractivity contribution in [1.29, 1.82) is 0 Å². The molecule has 0 aromatic heterocycles. The molecule has 0 aliphatic rings. The molecular weight excluding hydrogens is 256 g/mol. The van der Waals surface area contributed by atoms with Gasteiger partial charge in [0.25, 0.3) is 0 Å². The van der Waals surface area contributed by atoms with Crippen LogP contribution in [-0.4, -0.2) is 13.1 Å². The smallest absolute Gasteiger partial charge is 0.338 e. The molecule has 15 heavy (non-hydrogen) atoms. The summed E-state index contributed by atoms with van der Waals surface area (Å²) in [6.45, 7) is 4.09. The van der Waals surface area contributed by atoms with Crippen LogP contribution in [0.4, 0.5) is 0 Å². The lowest BCUT2D eigenvalue weighted by Crippen LogP contribution is -2.06. The number of ether oxygens (including phenoxy) is 1. The highest BCUT2D eigenvalue weighted by Crippen LogP contribution is 2.22. The molecule has 0 atom stereocenters. The van der Waals surface area contributed by atoms with E-state index in [4.69, 9.17) is 4.74 Å². The molecule has 82 valence electrons. The molecule has 1 aromatic rings. The molecule has 0 unspecified atom stereocenters. The Morgan fingerprint density at radius 2 is 2.13 bits per heavy atom. The Labute approximate surface area is 98.8 Å². The van der Waals surface area contributed by atoms with Gasteiger partial charge in [-0.15, -0.1) is 0 Å². The third kappa shape index (κ3) is 2.81. The Morgan fingerprint density at radius 3 is 2.67 bits per heavy atom. The highest BCUT2D eigenvalue weighted by atomic mass is 79.9. The number of carbonyl (C=O) groups excluding carboxylic acids is 1. The summed E-state index contributed by atoms with van der Waals surface area (Å²) in [6.07, 6.45) is 2.05. The predicted octanol–water partition coefficient (Wildman–Crippen LogP) is 3.50. The van der Waals surface area contributed by atoms with Crippen molar-refractivity contribution < 1.29 is 9.53 Å². The first-order chi connectivity index (χ1) is 7.10. The van der Waals surface area contributed by atoms with Crippen molar-refractivity contribution >= 4 is 21.9 Å². The number of halogens is 1. The van der Waals surface area contributed by atoms with Crippen molar-refractivity contribution in [3.05, 3.63) is 33.3 Å². The van der Waals surface area contributed by atoms with E-state index in [1.54, 1.807) is 6.07 Å². The van der Waals surface area contributed by atoms with E-state index in [-0.39, 0.29) is 5.97 Å². The van der Waals surface area contributed by atoms with E-state index in [1.165, 1.54) is 12.7 Å². The zero-order chi connectivity index (χ0) is 11.4. The highest BCUT2D eigenvalue weighted by molar-refractivity contribution is 9.10. The molecule has 0 radical (unpaired) electrons. The molecule has 1 rings (SSSR count). The van der Waals surface area contributed by atoms with Crippen LogP contribution < -0.4 is 0 Å². The largest absolute Gasteiger partial charge is 0.465 e. The summed E-state index contributed by atoms with van der Waals surface area (Å²) >= 11 is 3.41. The topological polar surface area (TPSA) is 26.3 Å². The van der Waals surface area contributed by atoms with E-state index in [2.05, 4.69) is 28.9 Å². The highest BCUT2D eigenvalue weighted by Gasteiger charge is 2.12. The normalized spacial score (nSPS) is 10.1. The quantitative estimate of drug-likeness (QED) is 0.786. The third-order valence-electron chi connectivity index (χ3n) is 2.40. The van der Waals surface area contributed by atoms with Gasteiger partial charge in [0.15, 0.2) is 0 Å². The van der Waals surface area contributed by atoms with E-state index in [0.29, 0.717) is 5.56 Å². The van der Waals surface area contributed by atoms with Gasteiger partial charge in [0.05, 0.1) is 12.7 Å². The van der Waals surface area contributed by atoms with Crippen LogP contribution in [0.15, 0.2) is 16.6 Å². The summed E-state index contributed by atoms with van der Waals surface area (Å²) in [5.74, 6) is -0.272. The summed E-state index contributed by atoms with van der Waals surface area (Å²) in [5, 5.41) is 0. The summed E-state index contributed by atoms with van der Waals surface area (Å²) < 4.78 is 5.67. The molecule has 0 heterocycles. The monoisotopic (exact) mass is 270 g/mol. The minimum absolute atomic E-state index is 0.272. The summed E-state index contributed by atoms with van der Waals surface area (Å²) in [7, 11) is 1.40. The summed E-state index contributed by atoms with van der Waals surface area (Å²) in [6, 6.07) is 3.87. The molecule has 0 spiro atoms. The van der Waals surface area contributed by atoms with Crippen LogP contribution in [0, 0.1) is 6.92 Å². The number of hydrogen-bond acceptors (Lipinski definition) is 2. The zero-order valence-electron chi connectivity index (χ0n) is 9.26. The minimum atomic E-state index is -0.272. The molecule has 0 N–H and O–H groups in total. The van der Waals surface area contributed by atoms with E-state index in [9.17, 15) is 4.79 Å². The van der Waals surface area contributed by atoms with Gasteiger partial charge >= 0.3 is 5.97 Å². The SMILES string of the molecule is CCCc1cc(Br)cc(C(=O)OC)c1C. The van der Waals surface area contributed by atoms with Crippen molar-refractivity contribution in [3.63, 3.8) is 0 Å². The molecule has 3 heteroatoms. The number of benzene rings is 1. The van der Waals surface area contributed by atoms with Crippen molar-refractivity contribution in [3.8, 4) is 0 Å². The predicted molar refractivity (Wildman–Crippen MR) is 64.2 cm³/mol. The van der Waals surface area contributed by atoms with E-state index < -0.39 is 0 Å². The Morgan fingerprint density at radius 1 is 1.47 bits per heavy atom. The summed E-state index contributed by atoms with van der Waals surface area (Å²) in [4.78, 5) is 11.5. The Kier molecular flexibility index (Phi) is 4.33. The molecule has 0 saturated heterocycles. The molecule has 0 amide bonds. The average Bonchev–Trinajstić information content (AvgIpc) is 2.22. The first kappa shape index (κ1) is 12.2. The molecule has 0 fully saturated rings. The second-order valence-electron chi connectivity index (χ2n) is 3.48. The molecular formula is C12H15BrO2. The van der Waals surface area contributed by atoms with E-state index in [0.717, 1.165) is 22.9 Å². The molecule has 1 aromatic carbocycles. The maximum atomic E-state index is 11.5. The Hall–Kier alpha value is -0.830. The average molecular weight is 271 g/mol. The van der Waals surface area contributed by atoms with Gasteiger partial charge in [-0.2, -0.15) is 0 Å². The molecule has 2 nitrogen and oxygen atoms in total. The number of rotatable bonds is 3. The molecule has 0 aliphatic carbocycles. The van der Waals surface area contributed by atoms with Gasteiger partial charge in [-0.05, 0) is 36.6 Å². The van der Waals surface area contributed by atoms with Crippen LogP contribution in [0.2, 0.25) is 0 Å².